The summed E-state index contributed by atoms with van der Waals surface area (Å²) in [6.07, 6.45) is 1.35. The van der Waals surface area contributed by atoms with Crippen molar-refractivity contribution >= 4 is 45.8 Å². The Balaban J connectivity index is 2.55. The van der Waals surface area contributed by atoms with E-state index in [1.165, 1.54) is 6.39 Å². The van der Waals surface area contributed by atoms with Crippen LogP contribution in [0.15, 0.2) is 27.9 Å². The molecule has 78 valence electrons. The van der Waals surface area contributed by atoms with E-state index in [1.807, 2.05) is 0 Å². The second-order valence-corrected chi connectivity index (χ2v) is 3.53. The van der Waals surface area contributed by atoms with Crippen LogP contribution in [0.25, 0.3) is 11.1 Å². The SMILES string of the molecule is NC(CCl)=Nc1cc2ocnc2cc1Cl. The third-order valence-corrected chi connectivity index (χ3v) is 2.38. The van der Waals surface area contributed by atoms with Crippen LogP contribution in [-0.2, 0) is 0 Å². The number of hydrogen-bond donors (Lipinski definition) is 1. The van der Waals surface area contributed by atoms with Gasteiger partial charge in [0.25, 0.3) is 0 Å². The Morgan fingerprint density at radius 3 is 3.07 bits per heavy atom. The molecule has 6 heteroatoms. The number of nitrogens with zero attached hydrogens (tertiary/aromatic N) is 2. The van der Waals surface area contributed by atoms with Crippen LogP contribution in [-0.4, -0.2) is 16.7 Å². The zero-order valence-corrected chi connectivity index (χ0v) is 9.09. The molecule has 0 aliphatic carbocycles. The van der Waals surface area contributed by atoms with Crippen molar-refractivity contribution in [3.8, 4) is 0 Å². The smallest absolute Gasteiger partial charge is 0.181 e. The van der Waals surface area contributed by atoms with E-state index in [0.717, 1.165) is 0 Å². The lowest BCUT2D eigenvalue weighted by Crippen LogP contribution is -2.12. The first kappa shape index (κ1) is 10.3. The van der Waals surface area contributed by atoms with Gasteiger partial charge in [0.05, 0.1) is 16.6 Å². The summed E-state index contributed by atoms with van der Waals surface area (Å²) in [5, 5.41) is 0.462. The maximum atomic E-state index is 5.97. The topological polar surface area (TPSA) is 64.4 Å². The third kappa shape index (κ3) is 2.06. The number of benzene rings is 1. The van der Waals surface area contributed by atoms with Crippen molar-refractivity contribution in [1.82, 2.24) is 4.98 Å². The molecule has 15 heavy (non-hydrogen) atoms. The molecule has 0 aliphatic rings. The molecule has 0 amide bonds. The third-order valence-electron chi connectivity index (χ3n) is 1.80. The molecule has 0 aliphatic heterocycles. The van der Waals surface area contributed by atoms with Crippen molar-refractivity contribution in [3.05, 3.63) is 23.5 Å². The zero-order valence-electron chi connectivity index (χ0n) is 7.58. The molecule has 1 heterocycles. The standard InChI is InChI=1S/C9H7Cl2N3O/c10-3-9(12)14-6-2-8-7(1-5(6)11)13-4-15-8/h1-2,4H,3H2,(H2,12,14). The minimum atomic E-state index is 0.158. The van der Waals surface area contributed by atoms with Gasteiger partial charge in [0, 0.05) is 6.07 Å². The first-order valence-corrected chi connectivity index (χ1v) is 5.03. The van der Waals surface area contributed by atoms with Gasteiger partial charge in [-0.15, -0.1) is 11.6 Å². The number of aromatic nitrogens is 1. The van der Waals surface area contributed by atoms with Crippen LogP contribution in [0.1, 0.15) is 0 Å². The van der Waals surface area contributed by atoms with Crippen LogP contribution in [0.2, 0.25) is 5.02 Å². The Kier molecular flexibility index (Phi) is 2.79. The normalized spacial score (nSPS) is 12.3. The van der Waals surface area contributed by atoms with E-state index in [1.54, 1.807) is 12.1 Å². The number of alkyl halides is 1. The van der Waals surface area contributed by atoms with Gasteiger partial charge >= 0.3 is 0 Å². The molecule has 2 N–H and O–H groups in total. The number of aliphatic imine (C=N–C) groups is 1. The molecular weight excluding hydrogens is 237 g/mol. The minimum absolute atomic E-state index is 0.158. The minimum Gasteiger partial charge on any atom is -0.443 e. The molecule has 0 fully saturated rings. The molecule has 0 radical (unpaired) electrons. The number of nitrogens with two attached hydrogens (primary N) is 1. The Labute approximate surface area is 95.7 Å². The van der Waals surface area contributed by atoms with Crippen molar-refractivity contribution in [2.24, 2.45) is 10.7 Å². The summed E-state index contributed by atoms with van der Waals surface area (Å²) < 4.78 is 5.12. The fourth-order valence-corrected chi connectivity index (χ4v) is 1.40. The Bertz CT molecular complexity index is 521. The number of fused-ring (bicyclic) bond motifs is 1. The Morgan fingerprint density at radius 1 is 1.53 bits per heavy atom. The maximum absolute atomic E-state index is 5.97. The van der Waals surface area contributed by atoms with Crippen LogP contribution in [0.4, 0.5) is 5.69 Å². The van der Waals surface area contributed by atoms with E-state index in [-0.39, 0.29) is 5.88 Å². The molecule has 4 nitrogen and oxygen atoms in total. The molecule has 2 rings (SSSR count). The van der Waals surface area contributed by atoms with Gasteiger partial charge in [-0.3, -0.25) is 0 Å². The lowest BCUT2D eigenvalue weighted by molar-refractivity contribution is 0.602. The first-order chi connectivity index (χ1) is 7.20. The number of hydrogen-bond acceptors (Lipinski definition) is 3. The number of halogens is 2. The summed E-state index contributed by atoms with van der Waals surface area (Å²) in [4.78, 5) is 8.01. The highest BCUT2D eigenvalue weighted by molar-refractivity contribution is 6.34. The molecule has 0 spiro atoms. The summed E-state index contributed by atoms with van der Waals surface area (Å²) in [7, 11) is 0. The fraction of sp³-hybridized carbons (Fsp3) is 0.111. The van der Waals surface area contributed by atoms with E-state index in [9.17, 15) is 0 Å². The van der Waals surface area contributed by atoms with E-state index in [2.05, 4.69) is 9.98 Å². The number of rotatable bonds is 2. The van der Waals surface area contributed by atoms with Crippen LogP contribution in [0, 0.1) is 0 Å². The summed E-state index contributed by atoms with van der Waals surface area (Å²) in [5.74, 6) is 0.461. The Morgan fingerprint density at radius 2 is 2.33 bits per heavy atom. The second-order valence-electron chi connectivity index (χ2n) is 2.86. The van der Waals surface area contributed by atoms with Crippen molar-refractivity contribution < 1.29 is 4.42 Å². The summed E-state index contributed by atoms with van der Waals surface area (Å²) in [6.45, 7) is 0. The molecule has 1 aromatic carbocycles. The van der Waals surface area contributed by atoms with Gasteiger partial charge in [0.1, 0.15) is 11.4 Å². The van der Waals surface area contributed by atoms with Crippen LogP contribution in [0.3, 0.4) is 0 Å². The van der Waals surface area contributed by atoms with Crippen LogP contribution >= 0.6 is 23.2 Å². The predicted molar refractivity (Wildman–Crippen MR) is 61.0 cm³/mol. The molecule has 0 unspecified atom stereocenters. The lowest BCUT2D eigenvalue weighted by Gasteiger charge is -1.99. The Hall–Kier alpha value is -1.26. The monoisotopic (exact) mass is 243 g/mol. The van der Waals surface area contributed by atoms with Gasteiger partial charge in [0.15, 0.2) is 12.0 Å². The van der Waals surface area contributed by atoms with Gasteiger partial charge in [-0.25, -0.2) is 9.98 Å². The lowest BCUT2D eigenvalue weighted by atomic mass is 10.3. The van der Waals surface area contributed by atoms with Gasteiger partial charge in [-0.1, -0.05) is 11.6 Å². The number of oxazole rings is 1. The summed E-state index contributed by atoms with van der Waals surface area (Å²) in [6, 6.07) is 3.34. The van der Waals surface area contributed by atoms with Crippen LogP contribution < -0.4 is 5.73 Å². The van der Waals surface area contributed by atoms with E-state index >= 15 is 0 Å². The van der Waals surface area contributed by atoms with Gasteiger partial charge in [0.2, 0.25) is 0 Å². The molecule has 0 bridgehead atoms. The quantitative estimate of drug-likeness (QED) is 0.501. The van der Waals surface area contributed by atoms with E-state index in [0.29, 0.717) is 27.6 Å². The average molecular weight is 244 g/mol. The largest absolute Gasteiger partial charge is 0.443 e. The van der Waals surface area contributed by atoms with Crippen LogP contribution in [0.5, 0.6) is 0 Å². The highest BCUT2D eigenvalue weighted by Gasteiger charge is 2.05. The average Bonchev–Trinajstić information content (AvgIpc) is 2.65. The van der Waals surface area contributed by atoms with Gasteiger partial charge in [-0.2, -0.15) is 0 Å². The zero-order chi connectivity index (χ0) is 10.8. The number of amidine groups is 1. The highest BCUT2D eigenvalue weighted by atomic mass is 35.5. The molecule has 0 saturated carbocycles. The van der Waals surface area contributed by atoms with E-state index < -0.39 is 0 Å². The van der Waals surface area contributed by atoms with E-state index in [4.69, 9.17) is 33.4 Å². The predicted octanol–water partition coefficient (Wildman–Crippen LogP) is 2.71. The molecule has 0 saturated heterocycles. The molecule has 1 aromatic heterocycles. The summed E-state index contributed by atoms with van der Waals surface area (Å²) >= 11 is 11.5. The fourth-order valence-electron chi connectivity index (χ4n) is 1.14. The highest BCUT2D eigenvalue weighted by Crippen LogP contribution is 2.29. The molecular formula is C9H7Cl2N3O. The van der Waals surface area contributed by atoms with Crippen molar-refractivity contribution in [2.45, 2.75) is 0 Å². The van der Waals surface area contributed by atoms with Gasteiger partial charge < -0.3 is 10.2 Å². The van der Waals surface area contributed by atoms with Crippen molar-refractivity contribution in [1.29, 1.82) is 0 Å². The second kappa shape index (κ2) is 4.08. The van der Waals surface area contributed by atoms with Gasteiger partial charge in [-0.05, 0) is 6.07 Å². The molecule has 2 aromatic rings. The maximum Gasteiger partial charge on any atom is 0.181 e. The van der Waals surface area contributed by atoms with Crippen molar-refractivity contribution in [3.63, 3.8) is 0 Å². The molecule has 0 atom stereocenters. The summed E-state index contributed by atoms with van der Waals surface area (Å²) in [5.41, 5.74) is 7.33. The first-order valence-electron chi connectivity index (χ1n) is 4.12. The van der Waals surface area contributed by atoms with Crippen molar-refractivity contribution in [2.75, 3.05) is 5.88 Å².